The molecule has 0 spiro atoms. The van der Waals surface area contributed by atoms with Gasteiger partial charge in [-0.25, -0.2) is 9.59 Å². The van der Waals surface area contributed by atoms with Crippen molar-refractivity contribution in [3.05, 3.63) is 0 Å². The molecular formula is C28H57N3O4. The molecule has 0 bridgehead atoms. The highest BCUT2D eigenvalue weighted by Gasteiger charge is 2.32. The van der Waals surface area contributed by atoms with Crippen LogP contribution in [0.3, 0.4) is 0 Å². The molecule has 2 aliphatic rings. The van der Waals surface area contributed by atoms with Crippen LogP contribution in [0.4, 0.5) is 9.59 Å². The second kappa shape index (κ2) is 17.0. The molecule has 2 N–H and O–H groups in total. The van der Waals surface area contributed by atoms with Crippen LogP contribution in [0.25, 0.3) is 0 Å². The number of amides is 2. The average Bonchev–Trinajstić information content (AvgIpc) is 2.80. The number of hydrogen-bond acceptors (Lipinski definition) is 5. The van der Waals surface area contributed by atoms with Gasteiger partial charge in [0.15, 0.2) is 0 Å². The van der Waals surface area contributed by atoms with Gasteiger partial charge in [0.05, 0.1) is 0 Å². The van der Waals surface area contributed by atoms with Gasteiger partial charge < -0.3 is 25.0 Å². The fourth-order valence-electron chi connectivity index (χ4n) is 4.68. The van der Waals surface area contributed by atoms with Crippen LogP contribution in [-0.4, -0.2) is 65.4 Å². The van der Waals surface area contributed by atoms with Crippen LogP contribution in [0.2, 0.25) is 0 Å². The van der Waals surface area contributed by atoms with Gasteiger partial charge in [0, 0.05) is 25.2 Å². The molecular weight excluding hydrogens is 442 g/mol. The third kappa shape index (κ3) is 14.0. The molecule has 0 aromatic carbocycles. The van der Waals surface area contributed by atoms with E-state index in [1.165, 1.54) is 19.9 Å². The molecule has 2 saturated carbocycles. The Labute approximate surface area is 216 Å². The van der Waals surface area contributed by atoms with E-state index in [0.29, 0.717) is 13.1 Å². The number of nitrogens with zero attached hydrogens (tertiary/aromatic N) is 2. The Kier molecular flexibility index (Phi) is 16.3. The normalized spacial score (nSPS) is 17.2. The first-order chi connectivity index (χ1) is 16.5. The summed E-state index contributed by atoms with van der Waals surface area (Å²) in [5.74, 6) is 0. The Morgan fingerprint density at radius 3 is 1.20 bits per heavy atom. The van der Waals surface area contributed by atoms with Crippen molar-refractivity contribution in [1.82, 2.24) is 9.80 Å². The molecule has 208 valence electrons. The predicted octanol–water partition coefficient (Wildman–Crippen LogP) is 7.12. The van der Waals surface area contributed by atoms with E-state index in [9.17, 15) is 9.59 Å². The predicted molar refractivity (Wildman–Crippen MR) is 146 cm³/mol. The lowest BCUT2D eigenvalue weighted by Gasteiger charge is -2.38. The highest BCUT2D eigenvalue weighted by Crippen LogP contribution is 2.27. The Hall–Kier alpha value is -1.50. The molecule has 0 aromatic heterocycles. The molecule has 2 rings (SSSR count). The van der Waals surface area contributed by atoms with Gasteiger partial charge in [-0.1, -0.05) is 52.4 Å². The van der Waals surface area contributed by atoms with Crippen molar-refractivity contribution in [2.24, 2.45) is 5.73 Å². The molecule has 0 aromatic rings. The van der Waals surface area contributed by atoms with Crippen molar-refractivity contribution >= 4 is 12.2 Å². The Balaban J connectivity index is 0.00000274. The summed E-state index contributed by atoms with van der Waals surface area (Å²) in [4.78, 5) is 29.8. The average molecular weight is 500 g/mol. The van der Waals surface area contributed by atoms with Crippen molar-refractivity contribution < 1.29 is 19.1 Å². The van der Waals surface area contributed by atoms with Crippen LogP contribution in [0.1, 0.15) is 126 Å². The number of carbonyl (C=O) groups is 2. The van der Waals surface area contributed by atoms with E-state index < -0.39 is 11.2 Å². The second-order valence-electron chi connectivity index (χ2n) is 11.3. The van der Waals surface area contributed by atoms with E-state index in [0.717, 1.165) is 57.8 Å². The minimum atomic E-state index is -0.505. The van der Waals surface area contributed by atoms with Crippen LogP contribution in [-0.2, 0) is 9.47 Å². The standard InChI is InChI=1S/C25H46N2O4.C2H6.CH5N/c1-24(2,3)30-22(28)26(20-14-9-7-10-15-20)18-13-19-27(21-16-11-8-12-17-21)23(29)31-25(4,5)6;2*1-2/h20-21H,7-19H2,1-6H3;1-2H3;2H2,1H3. The van der Waals surface area contributed by atoms with Gasteiger partial charge in [0.2, 0.25) is 0 Å². The Bertz CT molecular complexity index is 522. The van der Waals surface area contributed by atoms with Crippen LogP contribution in [0.5, 0.6) is 0 Å². The molecule has 7 heteroatoms. The molecule has 2 aliphatic carbocycles. The summed E-state index contributed by atoms with van der Waals surface area (Å²) in [6.07, 6.45) is 11.6. The van der Waals surface area contributed by atoms with Crippen LogP contribution < -0.4 is 5.73 Å². The SMILES string of the molecule is CC.CC(C)(C)OC(=O)N(CCCN(C(=O)OC(C)(C)C)C1CCCCC1)C1CCCCC1.CN. The van der Waals surface area contributed by atoms with E-state index >= 15 is 0 Å². The zero-order valence-electron chi connectivity index (χ0n) is 24.5. The zero-order valence-corrected chi connectivity index (χ0v) is 24.5. The van der Waals surface area contributed by atoms with Gasteiger partial charge in [-0.2, -0.15) is 0 Å². The van der Waals surface area contributed by atoms with E-state index in [4.69, 9.17) is 9.47 Å². The second-order valence-corrected chi connectivity index (χ2v) is 11.3. The van der Waals surface area contributed by atoms with Gasteiger partial charge in [0.1, 0.15) is 11.2 Å². The van der Waals surface area contributed by atoms with Crippen molar-refractivity contribution in [3.8, 4) is 0 Å². The number of hydrogen-bond donors (Lipinski definition) is 1. The molecule has 2 amide bonds. The Morgan fingerprint density at radius 1 is 0.657 bits per heavy atom. The number of nitrogens with two attached hydrogens (primary N) is 1. The quantitative estimate of drug-likeness (QED) is 0.420. The number of ether oxygens (including phenoxy) is 2. The minimum absolute atomic E-state index is 0.221. The van der Waals surface area contributed by atoms with Gasteiger partial charge in [-0.05, 0) is 80.7 Å². The third-order valence-electron chi connectivity index (χ3n) is 6.08. The van der Waals surface area contributed by atoms with Crippen LogP contribution >= 0.6 is 0 Å². The minimum Gasteiger partial charge on any atom is -0.444 e. The first-order valence-corrected chi connectivity index (χ1v) is 14.0. The van der Waals surface area contributed by atoms with Crippen molar-refractivity contribution in [2.75, 3.05) is 20.1 Å². The lowest BCUT2D eigenvalue weighted by Crippen LogP contribution is -2.47. The van der Waals surface area contributed by atoms with Crippen LogP contribution in [0, 0.1) is 0 Å². The molecule has 35 heavy (non-hydrogen) atoms. The summed E-state index contributed by atoms with van der Waals surface area (Å²) >= 11 is 0. The van der Waals surface area contributed by atoms with Gasteiger partial charge >= 0.3 is 12.2 Å². The van der Waals surface area contributed by atoms with Crippen molar-refractivity contribution in [1.29, 1.82) is 0 Å². The summed E-state index contributed by atoms with van der Waals surface area (Å²) in [5.41, 5.74) is 3.49. The lowest BCUT2D eigenvalue weighted by molar-refractivity contribution is 0.00567. The van der Waals surface area contributed by atoms with Gasteiger partial charge in [0.25, 0.3) is 0 Å². The summed E-state index contributed by atoms with van der Waals surface area (Å²) in [6, 6.07) is 0.488. The van der Waals surface area contributed by atoms with E-state index in [-0.39, 0.29) is 24.3 Å². The highest BCUT2D eigenvalue weighted by molar-refractivity contribution is 5.69. The number of rotatable bonds is 6. The maximum Gasteiger partial charge on any atom is 0.410 e. The van der Waals surface area contributed by atoms with Crippen molar-refractivity contribution in [2.45, 2.75) is 149 Å². The van der Waals surface area contributed by atoms with Gasteiger partial charge in [-0.15, -0.1) is 0 Å². The molecule has 0 heterocycles. The summed E-state index contributed by atoms with van der Waals surface area (Å²) in [7, 11) is 1.50. The maximum atomic E-state index is 13.0. The topological polar surface area (TPSA) is 85.1 Å². The summed E-state index contributed by atoms with van der Waals surface area (Å²) < 4.78 is 11.4. The molecule has 7 nitrogen and oxygen atoms in total. The number of carbonyl (C=O) groups excluding carboxylic acids is 2. The highest BCUT2D eigenvalue weighted by atomic mass is 16.6. The van der Waals surface area contributed by atoms with E-state index in [1.54, 1.807) is 0 Å². The smallest absolute Gasteiger partial charge is 0.410 e. The third-order valence-corrected chi connectivity index (χ3v) is 6.08. The zero-order chi connectivity index (χ0) is 27.1. The molecule has 0 radical (unpaired) electrons. The molecule has 2 fully saturated rings. The van der Waals surface area contributed by atoms with Crippen molar-refractivity contribution in [3.63, 3.8) is 0 Å². The first kappa shape index (κ1) is 33.5. The molecule has 0 unspecified atom stereocenters. The molecule has 0 atom stereocenters. The fraction of sp³-hybridized carbons (Fsp3) is 0.929. The van der Waals surface area contributed by atoms with E-state index in [1.807, 2.05) is 65.2 Å². The van der Waals surface area contributed by atoms with Gasteiger partial charge in [-0.3, -0.25) is 0 Å². The Morgan fingerprint density at radius 2 is 0.943 bits per heavy atom. The maximum absolute atomic E-state index is 13.0. The molecule has 0 saturated heterocycles. The summed E-state index contributed by atoms with van der Waals surface area (Å²) in [6.45, 7) is 16.7. The fourth-order valence-corrected chi connectivity index (χ4v) is 4.68. The lowest BCUT2D eigenvalue weighted by atomic mass is 9.93. The van der Waals surface area contributed by atoms with E-state index in [2.05, 4.69) is 5.73 Å². The largest absolute Gasteiger partial charge is 0.444 e. The summed E-state index contributed by atoms with van der Waals surface area (Å²) in [5, 5.41) is 0. The van der Waals surface area contributed by atoms with Crippen LogP contribution in [0.15, 0.2) is 0 Å². The monoisotopic (exact) mass is 499 g/mol. The molecule has 0 aliphatic heterocycles. The first-order valence-electron chi connectivity index (χ1n) is 14.0.